The van der Waals surface area contributed by atoms with Gasteiger partial charge in [-0.05, 0) is 24.2 Å². The first-order valence-electron chi connectivity index (χ1n) is 6.34. The van der Waals surface area contributed by atoms with E-state index in [4.69, 9.17) is 0 Å². The monoisotopic (exact) mass is 263 g/mol. The van der Waals surface area contributed by atoms with Crippen LogP contribution in [0.25, 0.3) is 0 Å². The van der Waals surface area contributed by atoms with E-state index in [-0.39, 0.29) is 29.7 Å². The summed E-state index contributed by atoms with van der Waals surface area (Å²) in [6.45, 7) is 5.81. The van der Waals surface area contributed by atoms with E-state index in [0.717, 1.165) is 25.7 Å². The van der Waals surface area contributed by atoms with Crippen molar-refractivity contribution in [2.75, 3.05) is 12.4 Å². The largest absolute Gasteiger partial charge is 0.396 e. The second-order valence-corrected chi connectivity index (χ2v) is 8.03. The molecular weight excluding hydrogens is 238 g/mol. The number of sulfonamides is 1. The minimum absolute atomic E-state index is 0.0721. The number of hydrogen-bond acceptors (Lipinski definition) is 3. The van der Waals surface area contributed by atoms with Gasteiger partial charge in [0.25, 0.3) is 0 Å². The van der Waals surface area contributed by atoms with E-state index in [9.17, 15) is 13.5 Å². The van der Waals surface area contributed by atoms with Gasteiger partial charge in [-0.1, -0.05) is 33.6 Å². The highest BCUT2D eigenvalue weighted by Gasteiger charge is 2.30. The number of aliphatic hydroxyl groups is 1. The summed E-state index contributed by atoms with van der Waals surface area (Å²) in [6.07, 6.45) is 3.88. The molecule has 1 rings (SSSR count). The molecule has 0 aromatic rings. The van der Waals surface area contributed by atoms with Crippen LogP contribution in [-0.4, -0.2) is 31.9 Å². The molecule has 0 saturated heterocycles. The van der Waals surface area contributed by atoms with E-state index in [0.29, 0.717) is 0 Å². The maximum absolute atomic E-state index is 12.0. The molecule has 0 heterocycles. The van der Waals surface area contributed by atoms with Gasteiger partial charge in [0.2, 0.25) is 10.0 Å². The molecule has 5 heteroatoms. The predicted molar refractivity (Wildman–Crippen MR) is 69.2 cm³/mol. The van der Waals surface area contributed by atoms with Gasteiger partial charge in [-0.2, -0.15) is 0 Å². The Morgan fingerprint density at radius 3 is 2.35 bits per heavy atom. The molecule has 0 aliphatic heterocycles. The Kier molecular flexibility index (Phi) is 4.98. The molecule has 0 bridgehead atoms. The van der Waals surface area contributed by atoms with E-state index >= 15 is 0 Å². The van der Waals surface area contributed by atoms with Gasteiger partial charge in [0, 0.05) is 12.6 Å². The first-order chi connectivity index (χ1) is 7.73. The van der Waals surface area contributed by atoms with Crippen molar-refractivity contribution in [2.45, 2.75) is 52.5 Å². The van der Waals surface area contributed by atoms with Crippen molar-refractivity contribution in [3.63, 3.8) is 0 Å². The zero-order valence-corrected chi connectivity index (χ0v) is 11.9. The first-order valence-corrected chi connectivity index (χ1v) is 7.99. The van der Waals surface area contributed by atoms with Crippen LogP contribution in [0.1, 0.15) is 46.5 Å². The lowest BCUT2D eigenvalue weighted by Crippen LogP contribution is -2.45. The number of rotatable bonds is 4. The van der Waals surface area contributed by atoms with Crippen LogP contribution >= 0.6 is 0 Å². The van der Waals surface area contributed by atoms with Gasteiger partial charge in [0.15, 0.2) is 0 Å². The summed E-state index contributed by atoms with van der Waals surface area (Å²) in [5.74, 6) is 0.216. The Bertz CT molecular complexity index is 332. The van der Waals surface area contributed by atoms with Gasteiger partial charge in [-0.25, -0.2) is 13.1 Å². The highest BCUT2D eigenvalue weighted by Crippen LogP contribution is 2.25. The fraction of sp³-hybridized carbons (Fsp3) is 1.00. The molecule has 0 aromatic heterocycles. The minimum Gasteiger partial charge on any atom is -0.396 e. The summed E-state index contributed by atoms with van der Waals surface area (Å²) < 4.78 is 26.7. The summed E-state index contributed by atoms with van der Waals surface area (Å²) in [6, 6.07) is -0.0823. The lowest BCUT2D eigenvalue weighted by atomic mass is 9.86. The van der Waals surface area contributed by atoms with Crippen LogP contribution in [0, 0.1) is 11.3 Å². The van der Waals surface area contributed by atoms with Crippen molar-refractivity contribution in [1.82, 2.24) is 4.72 Å². The number of hydrogen-bond donors (Lipinski definition) is 2. The van der Waals surface area contributed by atoms with Crippen molar-refractivity contribution < 1.29 is 13.5 Å². The molecule has 17 heavy (non-hydrogen) atoms. The van der Waals surface area contributed by atoms with Gasteiger partial charge in [0.1, 0.15) is 0 Å². The van der Waals surface area contributed by atoms with Crippen LogP contribution in [0.4, 0.5) is 0 Å². The fourth-order valence-electron chi connectivity index (χ4n) is 2.42. The molecule has 2 unspecified atom stereocenters. The van der Waals surface area contributed by atoms with Crippen molar-refractivity contribution in [1.29, 1.82) is 0 Å². The third-order valence-electron chi connectivity index (χ3n) is 3.10. The highest BCUT2D eigenvalue weighted by molar-refractivity contribution is 7.89. The van der Waals surface area contributed by atoms with Crippen LogP contribution in [0.3, 0.4) is 0 Å². The van der Waals surface area contributed by atoms with Crippen LogP contribution in [0.2, 0.25) is 0 Å². The van der Waals surface area contributed by atoms with Crippen molar-refractivity contribution in [2.24, 2.45) is 11.3 Å². The summed E-state index contributed by atoms with van der Waals surface area (Å²) in [7, 11) is -3.24. The maximum Gasteiger partial charge on any atom is 0.212 e. The average Bonchev–Trinajstić information content (AvgIpc) is 2.14. The van der Waals surface area contributed by atoms with Gasteiger partial charge in [-0.3, -0.25) is 0 Å². The average molecular weight is 263 g/mol. The molecule has 1 saturated carbocycles. The molecule has 1 fully saturated rings. The summed E-state index contributed by atoms with van der Waals surface area (Å²) in [5, 5.41) is 9.26. The standard InChI is InChI=1S/C12H25NO3S/c1-12(2,3)9-17(15,16)13-11-7-5-4-6-10(11)8-14/h10-11,13-14H,4-9H2,1-3H3. The molecule has 2 atom stereocenters. The van der Waals surface area contributed by atoms with Crippen molar-refractivity contribution in [3.05, 3.63) is 0 Å². The van der Waals surface area contributed by atoms with Gasteiger partial charge < -0.3 is 5.11 Å². The van der Waals surface area contributed by atoms with Gasteiger partial charge in [0.05, 0.1) is 5.75 Å². The Labute approximate surface area is 105 Å². The van der Waals surface area contributed by atoms with E-state index in [1.807, 2.05) is 20.8 Å². The summed E-state index contributed by atoms with van der Waals surface area (Å²) in [5.41, 5.74) is -0.241. The van der Waals surface area contributed by atoms with Gasteiger partial charge >= 0.3 is 0 Å². The fourth-order valence-corrected chi connectivity index (χ4v) is 4.42. The second-order valence-electron chi connectivity index (χ2n) is 6.27. The second kappa shape index (κ2) is 5.67. The van der Waals surface area contributed by atoms with Gasteiger partial charge in [-0.15, -0.1) is 0 Å². The number of nitrogens with one attached hydrogen (secondary N) is 1. The van der Waals surface area contributed by atoms with E-state index in [1.54, 1.807) is 0 Å². The number of aliphatic hydroxyl groups excluding tert-OH is 1. The highest BCUT2D eigenvalue weighted by atomic mass is 32.2. The smallest absolute Gasteiger partial charge is 0.212 e. The van der Waals surface area contributed by atoms with Crippen molar-refractivity contribution >= 4 is 10.0 Å². The molecule has 0 amide bonds. The van der Waals surface area contributed by atoms with Crippen LogP contribution in [0.15, 0.2) is 0 Å². The molecular formula is C12H25NO3S. The minimum atomic E-state index is -3.24. The Balaban J connectivity index is 2.62. The van der Waals surface area contributed by atoms with Crippen LogP contribution in [-0.2, 0) is 10.0 Å². The zero-order chi connectivity index (χ0) is 13.1. The van der Waals surface area contributed by atoms with Crippen LogP contribution in [0.5, 0.6) is 0 Å². The van der Waals surface area contributed by atoms with E-state index < -0.39 is 10.0 Å². The Hall–Kier alpha value is -0.130. The molecule has 0 radical (unpaired) electrons. The molecule has 0 spiro atoms. The lowest BCUT2D eigenvalue weighted by molar-refractivity contribution is 0.164. The van der Waals surface area contributed by atoms with Crippen molar-refractivity contribution in [3.8, 4) is 0 Å². The molecule has 1 aliphatic rings. The predicted octanol–water partition coefficient (Wildman–Crippen LogP) is 1.50. The van der Waals surface area contributed by atoms with E-state index in [2.05, 4.69) is 4.72 Å². The molecule has 4 nitrogen and oxygen atoms in total. The normalized spacial score (nSPS) is 27.1. The summed E-state index contributed by atoms with van der Waals surface area (Å²) in [4.78, 5) is 0. The Morgan fingerprint density at radius 2 is 1.82 bits per heavy atom. The molecule has 2 N–H and O–H groups in total. The lowest BCUT2D eigenvalue weighted by Gasteiger charge is -2.31. The topological polar surface area (TPSA) is 66.4 Å². The molecule has 102 valence electrons. The quantitative estimate of drug-likeness (QED) is 0.808. The zero-order valence-electron chi connectivity index (χ0n) is 11.1. The van der Waals surface area contributed by atoms with Crippen LogP contribution < -0.4 is 4.72 Å². The Morgan fingerprint density at radius 1 is 1.24 bits per heavy atom. The molecule has 1 aliphatic carbocycles. The molecule has 0 aromatic carbocycles. The third-order valence-corrected chi connectivity index (χ3v) is 5.01. The summed E-state index contributed by atoms with van der Waals surface area (Å²) >= 11 is 0. The third kappa shape index (κ3) is 5.36. The first kappa shape index (κ1) is 14.9. The maximum atomic E-state index is 12.0. The van der Waals surface area contributed by atoms with E-state index in [1.165, 1.54) is 0 Å². The SMILES string of the molecule is CC(C)(C)CS(=O)(=O)NC1CCCCC1CO.